The summed E-state index contributed by atoms with van der Waals surface area (Å²) in [5.74, 6) is -2.16. The van der Waals surface area contributed by atoms with Crippen LogP contribution in [0, 0.1) is 6.92 Å². The van der Waals surface area contributed by atoms with Gasteiger partial charge in [0.25, 0.3) is 11.8 Å². The number of aliphatic carboxylic acids is 1. The highest BCUT2D eigenvalue weighted by Crippen LogP contribution is 2.27. The van der Waals surface area contributed by atoms with Gasteiger partial charge in [0.2, 0.25) is 5.91 Å². The Hall–Kier alpha value is -4.46. The van der Waals surface area contributed by atoms with Crippen LogP contribution in [0.25, 0.3) is 10.9 Å². The van der Waals surface area contributed by atoms with Crippen LogP contribution >= 0.6 is 0 Å². The smallest absolute Gasteiger partial charge is 0.409 e. The van der Waals surface area contributed by atoms with Crippen LogP contribution in [-0.2, 0) is 23.9 Å². The number of likely N-dealkylation sites (tertiary alicyclic amines) is 1. The maximum absolute atomic E-state index is 13.6. The van der Waals surface area contributed by atoms with Crippen LogP contribution < -0.4 is 10.1 Å². The number of aromatic nitrogens is 1. The number of hydrogen-bond acceptors (Lipinski definition) is 9. The number of piperazine rings is 1. The van der Waals surface area contributed by atoms with Crippen LogP contribution in [-0.4, -0.2) is 126 Å². The summed E-state index contributed by atoms with van der Waals surface area (Å²) in [5.41, 5.74) is 1.32. The van der Waals surface area contributed by atoms with E-state index in [9.17, 15) is 29.1 Å². The van der Waals surface area contributed by atoms with Crippen LogP contribution in [0.15, 0.2) is 24.3 Å². The SMILES string of the molecule is CCCCOC(=O)N1CCN(C(=O)C(CCC(=O)O)NC(=O)c2cc(OCC(=O)N3CCCC3COC)c3ccc(C)cc3n2)CC1. The molecule has 2 N–H and O–H groups in total. The van der Waals surface area contributed by atoms with Crippen LogP contribution in [0.3, 0.4) is 0 Å². The summed E-state index contributed by atoms with van der Waals surface area (Å²) in [6, 6.07) is 5.74. The van der Waals surface area contributed by atoms with E-state index in [1.54, 1.807) is 24.1 Å². The van der Waals surface area contributed by atoms with Crippen molar-refractivity contribution in [3.8, 4) is 5.75 Å². The normalized spacial score (nSPS) is 17.0. The Morgan fingerprint density at radius 1 is 1.06 bits per heavy atom. The number of unbranched alkanes of at least 4 members (excludes halogenated alkanes) is 1. The van der Waals surface area contributed by atoms with E-state index in [0.717, 1.165) is 31.2 Å². The van der Waals surface area contributed by atoms with Crippen molar-refractivity contribution in [3.63, 3.8) is 0 Å². The first-order chi connectivity index (χ1) is 22.6. The number of carboxylic acids is 1. The van der Waals surface area contributed by atoms with Gasteiger partial charge in [-0.3, -0.25) is 19.2 Å². The molecule has 2 atom stereocenters. The largest absolute Gasteiger partial charge is 0.483 e. The lowest BCUT2D eigenvalue weighted by molar-refractivity contribution is -0.138. The van der Waals surface area contributed by atoms with Crippen molar-refractivity contribution in [1.29, 1.82) is 0 Å². The van der Waals surface area contributed by atoms with Gasteiger partial charge in [-0.25, -0.2) is 9.78 Å². The predicted molar refractivity (Wildman–Crippen MR) is 171 cm³/mol. The molecule has 4 rings (SSSR count). The van der Waals surface area contributed by atoms with E-state index in [2.05, 4.69) is 10.3 Å². The minimum absolute atomic E-state index is 0.0165. The number of carboxylic acid groups (broad SMARTS) is 1. The molecule has 2 aliphatic heterocycles. The maximum atomic E-state index is 13.6. The number of carbonyl (C=O) groups is 5. The summed E-state index contributed by atoms with van der Waals surface area (Å²) >= 11 is 0. The fourth-order valence-electron chi connectivity index (χ4n) is 5.78. The molecule has 0 aliphatic carbocycles. The number of aryl methyl sites for hydroxylation is 1. The molecule has 256 valence electrons. The number of amides is 4. The molecule has 2 fully saturated rings. The minimum atomic E-state index is -1.14. The van der Waals surface area contributed by atoms with Crippen LogP contribution in [0.1, 0.15) is 61.5 Å². The van der Waals surface area contributed by atoms with Gasteiger partial charge in [-0.05, 0) is 50.3 Å². The number of methoxy groups -OCH3 is 1. The highest BCUT2D eigenvalue weighted by atomic mass is 16.6. The fourth-order valence-corrected chi connectivity index (χ4v) is 5.78. The Labute approximate surface area is 274 Å². The number of nitrogens with zero attached hydrogens (tertiary/aromatic N) is 4. The lowest BCUT2D eigenvalue weighted by Gasteiger charge is -2.36. The third-order valence-electron chi connectivity index (χ3n) is 8.39. The fraction of sp³-hybridized carbons (Fsp3) is 0.576. The molecule has 2 aliphatic rings. The molecule has 0 bridgehead atoms. The van der Waals surface area contributed by atoms with Gasteiger partial charge in [0, 0.05) is 57.7 Å². The molecule has 2 unspecified atom stereocenters. The van der Waals surface area contributed by atoms with Crippen molar-refractivity contribution in [2.75, 3.05) is 59.7 Å². The van der Waals surface area contributed by atoms with Crippen LogP contribution in [0.4, 0.5) is 4.79 Å². The van der Waals surface area contributed by atoms with Crippen molar-refractivity contribution in [1.82, 2.24) is 25.0 Å². The van der Waals surface area contributed by atoms with Gasteiger partial charge in [-0.2, -0.15) is 0 Å². The van der Waals surface area contributed by atoms with Crippen LogP contribution in [0.5, 0.6) is 5.75 Å². The number of nitrogens with one attached hydrogen (secondary N) is 1. The molecule has 14 nitrogen and oxygen atoms in total. The van der Waals surface area contributed by atoms with Crippen molar-refractivity contribution in [2.45, 2.75) is 64.5 Å². The maximum Gasteiger partial charge on any atom is 0.409 e. The van der Waals surface area contributed by atoms with Gasteiger partial charge in [0.15, 0.2) is 6.61 Å². The lowest BCUT2D eigenvalue weighted by Crippen LogP contribution is -2.56. The highest BCUT2D eigenvalue weighted by molar-refractivity contribution is 5.99. The molecular weight excluding hydrogens is 610 g/mol. The molecule has 0 spiro atoms. The summed E-state index contributed by atoms with van der Waals surface area (Å²) in [6.07, 6.45) is 2.48. The number of carbonyl (C=O) groups excluding carboxylic acids is 4. The topological polar surface area (TPSA) is 168 Å². The van der Waals surface area contributed by atoms with E-state index >= 15 is 0 Å². The van der Waals surface area contributed by atoms with E-state index in [-0.39, 0.29) is 69.0 Å². The monoisotopic (exact) mass is 655 g/mol. The molecular formula is C33H45N5O9. The number of rotatable bonds is 14. The van der Waals surface area contributed by atoms with Crippen molar-refractivity contribution in [3.05, 3.63) is 35.5 Å². The first kappa shape index (κ1) is 35.4. The summed E-state index contributed by atoms with van der Waals surface area (Å²) in [6.45, 7) is 5.95. The Kier molecular flexibility index (Phi) is 12.7. The summed E-state index contributed by atoms with van der Waals surface area (Å²) in [5, 5.41) is 12.6. The molecule has 0 saturated carbocycles. The predicted octanol–water partition coefficient (Wildman–Crippen LogP) is 2.60. The highest BCUT2D eigenvalue weighted by Gasteiger charge is 2.32. The van der Waals surface area contributed by atoms with E-state index in [1.807, 2.05) is 19.9 Å². The van der Waals surface area contributed by atoms with E-state index in [0.29, 0.717) is 30.7 Å². The second-order valence-electron chi connectivity index (χ2n) is 11.9. The molecule has 0 radical (unpaired) electrons. The average molecular weight is 656 g/mol. The average Bonchev–Trinajstić information content (AvgIpc) is 3.53. The molecule has 14 heteroatoms. The first-order valence-corrected chi connectivity index (χ1v) is 16.2. The second kappa shape index (κ2) is 16.9. The molecule has 1 aromatic heterocycles. The van der Waals surface area contributed by atoms with E-state index < -0.39 is 29.9 Å². The zero-order valence-electron chi connectivity index (χ0n) is 27.4. The molecule has 1 aromatic carbocycles. The summed E-state index contributed by atoms with van der Waals surface area (Å²) < 4.78 is 16.5. The number of benzene rings is 1. The standard InChI is InChI=1S/C33H45N5O9/c1-4-5-17-46-33(44)37-15-13-36(14-16-37)32(43)25(10-11-30(40)41)35-31(42)27-19-28(24-9-8-22(2)18-26(24)34-27)47-21-29(39)38-12-6-7-23(38)20-45-3/h8-9,18-19,23,25H,4-7,10-17,20-21H2,1-3H3,(H,35,42)(H,40,41). The van der Waals surface area contributed by atoms with Gasteiger partial charge in [0.1, 0.15) is 17.5 Å². The first-order valence-electron chi connectivity index (χ1n) is 16.2. The van der Waals surface area contributed by atoms with Crippen molar-refractivity contribution in [2.24, 2.45) is 0 Å². The number of hydrogen-bond donors (Lipinski definition) is 2. The third-order valence-corrected chi connectivity index (χ3v) is 8.39. The van der Waals surface area contributed by atoms with Gasteiger partial charge in [-0.15, -0.1) is 0 Å². The molecule has 47 heavy (non-hydrogen) atoms. The van der Waals surface area contributed by atoms with Gasteiger partial charge in [-0.1, -0.05) is 19.4 Å². The van der Waals surface area contributed by atoms with E-state index in [1.165, 1.54) is 15.9 Å². The lowest BCUT2D eigenvalue weighted by atomic mass is 10.1. The Morgan fingerprint density at radius 3 is 2.51 bits per heavy atom. The van der Waals surface area contributed by atoms with Crippen LogP contribution in [0.2, 0.25) is 0 Å². The number of ether oxygens (including phenoxy) is 3. The van der Waals surface area contributed by atoms with Gasteiger partial charge >= 0.3 is 12.1 Å². The minimum Gasteiger partial charge on any atom is -0.483 e. The third kappa shape index (κ3) is 9.53. The number of fused-ring (bicyclic) bond motifs is 1. The molecule has 4 amide bonds. The van der Waals surface area contributed by atoms with Gasteiger partial charge in [0.05, 0.1) is 24.8 Å². The van der Waals surface area contributed by atoms with Crippen molar-refractivity contribution < 1.29 is 43.3 Å². The zero-order valence-corrected chi connectivity index (χ0v) is 27.4. The second-order valence-corrected chi connectivity index (χ2v) is 11.9. The molecule has 2 aromatic rings. The van der Waals surface area contributed by atoms with Gasteiger partial charge < -0.3 is 39.3 Å². The van der Waals surface area contributed by atoms with E-state index in [4.69, 9.17) is 14.2 Å². The summed E-state index contributed by atoms with van der Waals surface area (Å²) in [7, 11) is 1.60. The molecule has 3 heterocycles. The quantitative estimate of drug-likeness (QED) is 0.289. The Balaban J connectivity index is 1.48. The number of pyridine rings is 1. The van der Waals surface area contributed by atoms with Crippen molar-refractivity contribution >= 4 is 40.7 Å². The Bertz CT molecular complexity index is 1440. The summed E-state index contributed by atoms with van der Waals surface area (Å²) in [4.78, 5) is 73.3. The molecule has 2 saturated heterocycles. The zero-order chi connectivity index (χ0) is 33.9. The Morgan fingerprint density at radius 2 is 1.81 bits per heavy atom.